The molecule has 0 aliphatic rings. The van der Waals surface area contributed by atoms with Crippen molar-refractivity contribution in [2.45, 2.75) is 13.8 Å². The maximum absolute atomic E-state index is 12.7. The summed E-state index contributed by atoms with van der Waals surface area (Å²) in [7, 11) is 0. The van der Waals surface area contributed by atoms with Crippen molar-refractivity contribution in [2.24, 2.45) is 0 Å². The predicted molar refractivity (Wildman–Crippen MR) is 82.4 cm³/mol. The van der Waals surface area contributed by atoms with E-state index in [4.69, 9.17) is 4.42 Å². The first-order valence-corrected chi connectivity index (χ1v) is 6.67. The Bertz CT molecular complexity index is 936. The zero-order valence-corrected chi connectivity index (χ0v) is 12.0. The maximum atomic E-state index is 12.7. The molecule has 0 atom stereocenters. The Morgan fingerprint density at radius 2 is 1.55 bits per heavy atom. The first-order valence-electron chi connectivity index (χ1n) is 6.67. The highest BCUT2D eigenvalue weighted by Gasteiger charge is 2.19. The molecule has 5 heteroatoms. The predicted octanol–water partition coefficient (Wildman–Crippen LogP) is 3.19. The van der Waals surface area contributed by atoms with Crippen molar-refractivity contribution < 1.29 is 19.7 Å². The van der Waals surface area contributed by atoms with E-state index in [1.807, 2.05) is 0 Å². The summed E-state index contributed by atoms with van der Waals surface area (Å²) >= 11 is 0. The normalized spacial score (nSPS) is 11.0. The molecule has 0 saturated carbocycles. The van der Waals surface area contributed by atoms with Crippen molar-refractivity contribution in [2.75, 3.05) is 0 Å². The molecule has 0 aliphatic carbocycles. The lowest BCUT2D eigenvalue weighted by Gasteiger charge is -2.11. The van der Waals surface area contributed by atoms with E-state index in [-0.39, 0.29) is 39.3 Å². The van der Waals surface area contributed by atoms with Gasteiger partial charge in [-0.2, -0.15) is 0 Å². The molecule has 1 aromatic heterocycles. The Morgan fingerprint density at radius 3 is 2.18 bits per heavy atom. The Hall–Kier alpha value is -2.95. The van der Waals surface area contributed by atoms with Crippen LogP contribution in [-0.2, 0) is 0 Å². The van der Waals surface area contributed by atoms with E-state index in [1.165, 1.54) is 25.3 Å². The van der Waals surface area contributed by atoms with Gasteiger partial charge in [-0.25, -0.2) is 0 Å². The van der Waals surface area contributed by atoms with E-state index in [1.54, 1.807) is 19.1 Å². The molecule has 0 aliphatic heterocycles. The minimum absolute atomic E-state index is 0.0402. The molecule has 3 N–H and O–H groups in total. The van der Waals surface area contributed by atoms with E-state index >= 15 is 0 Å². The SMILES string of the molecule is Cc1c(O)c(C)c2occ(-c3ccc(O)cc3)c(=O)c2c1O. The number of aromatic hydroxyl groups is 3. The number of fused-ring (bicyclic) bond motifs is 1. The van der Waals surface area contributed by atoms with Gasteiger partial charge in [0.15, 0.2) is 0 Å². The Morgan fingerprint density at radius 1 is 0.909 bits per heavy atom. The molecular formula is C17H14O5. The maximum Gasteiger partial charge on any atom is 0.204 e. The van der Waals surface area contributed by atoms with Gasteiger partial charge in [0.2, 0.25) is 5.43 Å². The summed E-state index contributed by atoms with van der Waals surface area (Å²) < 4.78 is 5.47. The van der Waals surface area contributed by atoms with Crippen LogP contribution in [0.2, 0.25) is 0 Å². The van der Waals surface area contributed by atoms with Crippen LogP contribution < -0.4 is 5.43 Å². The van der Waals surface area contributed by atoms with Gasteiger partial charge in [0, 0.05) is 11.1 Å². The number of hydrogen-bond donors (Lipinski definition) is 3. The van der Waals surface area contributed by atoms with Gasteiger partial charge < -0.3 is 19.7 Å². The molecule has 0 unspecified atom stereocenters. The molecule has 0 bridgehead atoms. The molecule has 22 heavy (non-hydrogen) atoms. The highest BCUT2D eigenvalue weighted by molar-refractivity contribution is 5.92. The molecule has 0 radical (unpaired) electrons. The third-order valence-corrected chi connectivity index (χ3v) is 3.81. The van der Waals surface area contributed by atoms with Crippen molar-refractivity contribution in [3.05, 3.63) is 51.9 Å². The average molecular weight is 298 g/mol. The summed E-state index contributed by atoms with van der Waals surface area (Å²) in [5.74, 6) is -0.286. The van der Waals surface area contributed by atoms with Gasteiger partial charge in [-0.3, -0.25) is 4.79 Å². The van der Waals surface area contributed by atoms with Crippen molar-refractivity contribution >= 4 is 11.0 Å². The molecule has 3 rings (SSSR count). The highest BCUT2D eigenvalue weighted by Crippen LogP contribution is 2.37. The molecule has 2 aromatic carbocycles. The molecule has 0 fully saturated rings. The van der Waals surface area contributed by atoms with Crippen LogP contribution in [0.5, 0.6) is 17.2 Å². The van der Waals surface area contributed by atoms with Gasteiger partial charge in [-0.15, -0.1) is 0 Å². The zero-order valence-electron chi connectivity index (χ0n) is 12.0. The number of benzene rings is 2. The summed E-state index contributed by atoms with van der Waals surface area (Å²) in [5.41, 5.74) is 1.24. The lowest BCUT2D eigenvalue weighted by Crippen LogP contribution is -2.06. The first kappa shape index (κ1) is 14.0. The topological polar surface area (TPSA) is 90.9 Å². The van der Waals surface area contributed by atoms with E-state index in [2.05, 4.69) is 0 Å². The largest absolute Gasteiger partial charge is 0.508 e. The molecular weight excluding hydrogens is 284 g/mol. The first-order chi connectivity index (χ1) is 10.4. The van der Waals surface area contributed by atoms with Gasteiger partial charge in [-0.05, 0) is 31.5 Å². The third kappa shape index (κ3) is 1.90. The van der Waals surface area contributed by atoms with Crippen molar-refractivity contribution in [1.29, 1.82) is 0 Å². The molecule has 5 nitrogen and oxygen atoms in total. The summed E-state index contributed by atoms with van der Waals surface area (Å²) in [6.07, 6.45) is 1.29. The fourth-order valence-electron chi connectivity index (χ4n) is 2.49. The third-order valence-electron chi connectivity index (χ3n) is 3.81. The van der Waals surface area contributed by atoms with Crippen molar-refractivity contribution in [1.82, 2.24) is 0 Å². The van der Waals surface area contributed by atoms with E-state index in [0.29, 0.717) is 11.1 Å². The summed E-state index contributed by atoms with van der Waals surface area (Å²) in [4.78, 5) is 12.7. The van der Waals surface area contributed by atoms with Gasteiger partial charge in [0.05, 0.1) is 5.56 Å². The minimum Gasteiger partial charge on any atom is -0.508 e. The fraction of sp³-hybridized carbons (Fsp3) is 0.118. The van der Waals surface area contributed by atoms with Gasteiger partial charge in [-0.1, -0.05) is 12.1 Å². The van der Waals surface area contributed by atoms with Crippen LogP contribution in [0.15, 0.2) is 39.7 Å². The molecule has 0 spiro atoms. The molecule has 0 saturated heterocycles. The Labute approximate surface area is 125 Å². The second-order valence-corrected chi connectivity index (χ2v) is 5.18. The van der Waals surface area contributed by atoms with Crippen LogP contribution in [-0.4, -0.2) is 15.3 Å². The molecule has 1 heterocycles. The Balaban J connectivity index is 2.40. The van der Waals surface area contributed by atoms with E-state index in [9.17, 15) is 20.1 Å². The van der Waals surface area contributed by atoms with Crippen LogP contribution in [0.4, 0.5) is 0 Å². The van der Waals surface area contributed by atoms with E-state index < -0.39 is 5.43 Å². The quantitative estimate of drug-likeness (QED) is 0.642. The number of phenols is 3. The molecule has 3 aromatic rings. The standard InChI is InChI=1S/C17H14O5/c1-8-14(19)9(2)17-13(15(8)20)16(21)12(7-22-17)10-3-5-11(18)6-4-10/h3-7,18-20H,1-2H3. The summed E-state index contributed by atoms with van der Waals surface area (Å²) in [5, 5.41) is 29.5. The van der Waals surface area contributed by atoms with Gasteiger partial charge in [0.1, 0.15) is 34.5 Å². The lowest BCUT2D eigenvalue weighted by molar-refractivity contribution is 0.441. The Kier molecular flexibility index (Phi) is 3.06. The van der Waals surface area contributed by atoms with Crippen LogP contribution >= 0.6 is 0 Å². The number of phenolic OH excluding ortho intramolecular Hbond substituents is 3. The second-order valence-electron chi connectivity index (χ2n) is 5.18. The number of aryl methyl sites for hydroxylation is 1. The smallest absolute Gasteiger partial charge is 0.204 e. The van der Waals surface area contributed by atoms with Crippen LogP contribution in [0, 0.1) is 13.8 Å². The summed E-state index contributed by atoms with van der Waals surface area (Å²) in [6.45, 7) is 3.15. The zero-order chi connectivity index (χ0) is 16.0. The van der Waals surface area contributed by atoms with Crippen LogP contribution in [0.1, 0.15) is 11.1 Å². The fourth-order valence-corrected chi connectivity index (χ4v) is 2.49. The minimum atomic E-state index is -0.393. The summed E-state index contributed by atoms with van der Waals surface area (Å²) in [6, 6.07) is 6.10. The van der Waals surface area contributed by atoms with Crippen molar-refractivity contribution in [3.8, 4) is 28.4 Å². The molecule has 0 amide bonds. The second kappa shape index (κ2) is 4.80. The van der Waals surface area contributed by atoms with Crippen LogP contribution in [0.3, 0.4) is 0 Å². The highest BCUT2D eigenvalue weighted by atomic mass is 16.3. The monoisotopic (exact) mass is 298 g/mol. The van der Waals surface area contributed by atoms with Crippen LogP contribution in [0.25, 0.3) is 22.1 Å². The van der Waals surface area contributed by atoms with E-state index in [0.717, 1.165) is 0 Å². The van der Waals surface area contributed by atoms with Gasteiger partial charge in [0.25, 0.3) is 0 Å². The number of rotatable bonds is 1. The average Bonchev–Trinajstić information content (AvgIpc) is 2.51. The van der Waals surface area contributed by atoms with Gasteiger partial charge >= 0.3 is 0 Å². The number of hydrogen-bond acceptors (Lipinski definition) is 5. The molecule has 112 valence electrons. The lowest BCUT2D eigenvalue weighted by atomic mass is 10.0. The van der Waals surface area contributed by atoms with Crippen molar-refractivity contribution in [3.63, 3.8) is 0 Å².